The molecule has 0 bridgehead atoms. The molecule has 1 N–H and O–H groups in total. The maximum atomic E-state index is 3.54. The number of hydrogen-bond donors (Lipinski definition) is 1. The molecule has 0 saturated heterocycles. The summed E-state index contributed by atoms with van der Waals surface area (Å²) in [6, 6.07) is 0. The van der Waals surface area contributed by atoms with Crippen molar-refractivity contribution in [1.82, 2.24) is 5.32 Å². The molecular weight excluding hydrogens is 189 g/mol. The molecule has 2 heteroatoms. The number of hydrogen-bond acceptors (Lipinski definition) is 1. The van der Waals surface area contributed by atoms with Gasteiger partial charge in [0.25, 0.3) is 0 Å². The third-order valence-electron chi connectivity index (χ3n) is 2.91. The second-order valence-electron chi connectivity index (χ2n) is 4.58. The van der Waals surface area contributed by atoms with E-state index < -0.39 is 0 Å². The van der Waals surface area contributed by atoms with Gasteiger partial charge in [-0.2, -0.15) is 0 Å². The summed E-state index contributed by atoms with van der Waals surface area (Å²) in [6.07, 6.45) is 13.9. The standard InChI is InChI=1S/C14H31N.Li.H/c1-3-5-7-9-11-13-15-14-12-10-8-6-4-2;;/h15H,3-14H2,1-2H3;;/q;+1;-1. The van der Waals surface area contributed by atoms with Crippen LogP contribution in [0.25, 0.3) is 0 Å². The quantitative estimate of drug-likeness (QED) is 0.390. The van der Waals surface area contributed by atoms with Gasteiger partial charge in [-0.25, -0.2) is 0 Å². The van der Waals surface area contributed by atoms with Crippen molar-refractivity contribution in [1.29, 1.82) is 0 Å². The smallest absolute Gasteiger partial charge is 1.00 e. The van der Waals surface area contributed by atoms with Crippen LogP contribution in [0.15, 0.2) is 0 Å². The minimum absolute atomic E-state index is 0. The van der Waals surface area contributed by atoms with Crippen LogP contribution in [0.1, 0.15) is 79.5 Å². The Labute approximate surface area is 117 Å². The molecule has 0 amide bonds. The SMILES string of the molecule is CCCCCCCNCCCCCCC.[H-].[Li+]. The van der Waals surface area contributed by atoms with Gasteiger partial charge >= 0.3 is 18.9 Å². The van der Waals surface area contributed by atoms with Crippen LogP contribution in [0, 0.1) is 0 Å². The Balaban J connectivity index is -0.000000980. The summed E-state index contributed by atoms with van der Waals surface area (Å²) < 4.78 is 0. The van der Waals surface area contributed by atoms with Crippen molar-refractivity contribution in [2.75, 3.05) is 13.1 Å². The van der Waals surface area contributed by atoms with Crippen molar-refractivity contribution in [2.45, 2.75) is 78.1 Å². The van der Waals surface area contributed by atoms with Crippen LogP contribution in [0.2, 0.25) is 0 Å². The van der Waals surface area contributed by atoms with Crippen molar-refractivity contribution in [3.63, 3.8) is 0 Å². The summed E-state index contributed by atoms with van der Waals surface area (Å²) in [7, 11) is 0. The van der Waals surface area contributed by atoms with Crippen LogP contribution in [-0.4, -0.2) is 13.1 Å². The first-order valence-electron chi connectivity index (χ1n) is 7.12. The Morgan fingerprint density at radius 2 is 1.00 bits per heavy atom. The summed E-state index contributed by atoms with van der Waals surface area (Å²) in [5, 5.41) is 3.54. The van der Waals surface area contributed by atoms with E-state index in [1.165, 1.54) is 77.3 Å². The maximum Gasteiger partial charge on any atom is 1.00 e. The summed E-state index contributed by atoms with van der Waals surface area (Å²) in [5.41, 5.74) is 0. The van der Waals surface area contributed by atoms with E-state index in [0.29, 0.717) is 0 Å². The van der Waals surface area contributed by atoms with Gasteiger partial charge in [0.2, 0.25) is 0 Å². The molecule has 0 rings (SSSR count). The molecule has 0 aromatic rings. The molecule has 0 aliphatic heterocycles. The summed E-state index contributed by atoms with van der Waals surface area (Å²) in [6.45, 7) is 7.01. The zero-order valence-electron chi connectivity index (χ0n) is 13.0. The van der Waals surface area contributed by atoms with Crippen LogP contribution in [0.4, 0.5) is 0 Å². The van der Waals surface area contributed by atoms with Gasteiger partial charge in [0.1, 0.15) is 0 Å². The van der Waals surface area contributed by atoms with E-state index in [1.807, 2.05) is 0 Å². The fraction of sp³-hybridized carbons (Fsp3) is 1.00. The van der Waals surface area contributed by atoms with Crippen LogP contribution < -0.4 is 24.2 Å². The Kier molecular flexibility index (Phi) is 21.2. The Morgan fingerprint density at radius 3 is 1.38 bits per heavy atom. The molecule has 0 atom stereocenters. The number of rotatable bonds is 12. The van der Waals surface area contributed by atoms with E-state index in [-0.39, 0.29) is 20.3 Å². The van der Waals surface area contributed by atoms with E-state index >= 15 is 0 Å². The van der Waals surface area contributed by atoms with Gasteiger partial charge in [-0.15, -0.1) is 0 Å². The molecule has 0 saturated carbocycles. The summed E-state index contributed by atoms with van der Waals surface area (Å²) >= 11 is 0. The van der Waals surface area contributed by atoms with E-state index in [1.54, 1.807) is 0 Å². The normalized spacial score (nSPS) is 10.1. The maximum absolute atomic E-state index is 3.54. The second kappa shape index (κ2) is 17.9. The molecule has 0 aromatic carbocycles. The van der Waals surface area contributed by atoms with E-state index in [4.69, 9.17) is 0 Å². The first-order chi connectivity index (χ1) is 7.41. The minimum Gasteiger partial charge on any atom is -1.00 e. The van der Waals surface area contributed by atoms with Crippen molar-refractivity contribution in [2.24, 2.45) is 0 Å². The first kappa shape index (κ1) is 18.9. The Hall–Kier alpha value is 0.557. The summed E-state index contributed by atoms with van der Waals surface area (Å²) in [4.78, 5) is 0. The topological polar surface area (TPSA) is 12.0 Å². The molecule has 0 heterocycles. The third-order valence-corrected chi connectivity index (χ3v) is 2.91. The first-order valence-corrected chi connectivity index (χ1v) is 7.12. The molecule has 0 unspecified atom stereocenters. The van der Waals surface area contributed by atoms with Gasteiger partial charge in [-0.3, -0.25) is 0 Å². The zero-order valence-corrected chi connectivity index (χ0v) is 12.0. The van der Waals surface area contributed by atoms with Crippen LogP contribution in [0.3, 0.4) is 0 Å². The van der Waals surface area contributed by atoms with Crippen molar-refractivity contribution < 1.29 is 20.3 Å². The van der Waals surface area contributed by atoms with Gasteiger partial charge < -0.3 is 6.74 Å². The van der Waals surface area contributed by atoms with E-state index in [2.05, 4.69) is 19.2 Å². The minimum atomic E-state index is 0. The predicted molar refractivity (Wildman–Crippen MR) is 71.5 cm³/mol. The summed E-state index contributed by atoms with van der Waals surface area (Å²) in [5.74, 6) is 0. The second-order valence-corrected chi connectivity index (χ2v) is 4.58. The fourth-order valence-corrected chi connectivity index (χ4v) is 1.83. The van der Waals surface area contributed by atoms with Gasteiger partial charge in [0, 0.05) is 0 Å². The average molecular weight is 221 g/mol. The van der Waals surface area contributed by atoms with Crippen LogP contribution in [0.5, 0.6) is 0 Å². The molecule has 0 fully saturated rings. The van der Waals surface area contributed by atoms with Crippen molar-refractivity contribution in [3.8, 4) is 0 Å². The van der Waals surface area contributed by atoms with E-state index in [0.717, 1.165) is 0 Å². The zero-order chi connectivity index (χ0) is 11.2. The van der Waals surface area contributed by atoms with Crippen LogP contribution in [-0.2, 0) is 0 Å². The molecule has 94 valence electrons. The molecule has 0 aromatic heterocycles. The average Bonchev–Trinajstić information content (AvgIpc) is 2.26. The van der Waals surface area contributed by atoms with Crippen LogP contribution >= 0.6 is 0 Å². The molecule has 16 heavy (non-hydrogen) atoms. The Morgan fingerprint density at radius 1 is 0.625 bits per heavy atom. The molecule has 0 aliphatic rings. The Bertz CT molecular complexity index is 100. The van der Waals surface area contributed by atoms with Gasteiger partial charge in [0.15, 0.2) is 0 Å². The van der Waals surface area contributed by atoms with Gasteiger partial charge in [0.05, 0.1) is 0 Å². The predicted octanol–water partition coefficient (Wildman–Crippen LogP) is 1.63. The largest absolute Gasteiger partial charge is 1.00 e. The van der Waals surface area contributed by atoms with Crippen molar-refractivity contribution in [3.05, 3.63) is 0 Å². The van der Waals surface area contributed by atoms with Gasteiger partial charge in [-0.1, -0.05) is 65.2 Å². The van der Waals surface area contributed by atoms with E-state index in [9.17, 15) is 0 Å². The molecule has 0 aliphatic carbocycles. The third kappa shape index (κ3) is 17.0. The molecular formula is C14H32LiN. The fourth-order valence-electron chi connectivity index (χ4n) is 1.83. The molecule has 0 spiro atoms. The van der Waals surface area contributed by atoms with Crippen molar-refractivity contribution >= 4 is 0 Å². The molecule has 0 radical (unpaired) electrons. The molecule has 1 nitrogen and oxygen atoms in total. The van der Waals surface area contributed by atoms with Gasteiger partial charge in [-0.05, 0) is 25.9 Å². The number of nitrogens with one attached hydrogen (secondary N) is 1. The number of unbranched alkanes of at least 4 members (excludes halogenated alkanes) is 8. The monoisotopic (exact) mass is 221 g/mol.